The van der Waals surface area contributed by atoms with Crippen LogP contribution in [0.25, 0.3) is 0 Å². The van der Waals surface area contributed by atoms with E-state index < -0.39 is 21.7 Å². The Hall–Kier alpha value is -1.79. The van der Waals surface area contributed by atoms with Crippen LogP contribution in [0.15, 0.2) is 53.4 Å². The molecule has 0 unspecified atom stereocenters. The predicted molar refractivity (Wildman–Crippen MR) is 78.6 cm³/mol. The monoisotopic (exact) mass is 323 g/mol. The largest absolute Gasteiger partial charge is 0.243 e. The molecule has 0 spiro atoms. The zero-order valence-electron chi connectivity index (χ0n) is 11.7. The zero-order chi connectivity index (χ0) is 15.7. The Labute approximate surface area is 128 Å². The molecule has 0 N–H and O–H groups in total. The Balaban J connectivity index is 1.96. The molecule has 6 heteroatoms. The van der Waals surface area contributed by atoms with Crippen molar-refractivity contribution in [3.05, 3.63) is 65.7 Å². The van der Waals surface area contributed by atoms with Gasteiger partial charge in [0.25, 0.3) is 0 Å². The summed E-state index contributed by atoms with van der Waals surface area (Å²) in [6, 6.07) is 11.4. The first-order valence-corrected chi connectivity index (χ1v) is 8.43. The lowest BCUT2D eigenvalue weighted by Crippen LogP contribution is -2.32. The molecule has 1 aliphatic carbocycles. The number of benzene rings is 2. The van der Waals surface area contributed by atoms with E-state index in [4.69, 9.17) is 0 Å². The first-order valence-electron chi connectivity index (χ1n) is 6.99. The van der Waals surface area contributed by atoms with Crippen molar-refractivity contribution in [1.29, 1.82) is 0 Å². The molecular weight excluding hydrogens is 308 g/mol. The third kappa shape index (κ3) is 3.18. The van der Waals surface area contributed by atoms with Crippen LogP contribution in [0.2, 0.25) is 0 Å². The topological polar surface area (TPSA) is 37.4 Å². The first kappa shape index (κ1) is 15.1. The molecule has 0 atom stereocenters. The SMILES string of the molecule is O=S(=O)(c1cc(F)cc(F)c1)N(Cc1ccccc1)C1CC1. The molecule has 0 bridgehead atoms. The van der Waals surface area contributed by atoms with Crippen molar-refractivity contribution in [1.82, 2.24) is 4.31 Å². The summed E-state index contributed by atoms with van der Waals surface area (Å²) < 4.78 is 53.4. The molecule has 0 aliphatic heterocycles. The van der Waals surface area contributed by atoms with Crippen LogP contribution in [0.3, 0.4) is 0 Å². The molecule has 1 fully saturated rings. The summed E-state index contributed by atoms with van der Waals surface area (Å²) in [6.45, 7) is 0.200. The highest BCUT2D eigenvalue weighted by Gasteiger charge is 2.38. The van der Waals surface area contributed by atoms with Gasteiger partial charge in [-0.15, -0.1) is 0 Å². The van der Waals surface area contributed by atoms with E-state index in [1.54, 1.807) is 0 Å². The molecule has 2 aromatic rings. The summed E-state index contributed by atoms with van der Waals surface area (Å²) in [5.74, 6) is -1.79. The maximum absolute atomic E-state index is 13.3. The van der Waals surface area contributed by atoms with Crippen molar-refractivity contribution < 1.29 is 17.2 Å². The fraction of sp³-hybridized carbons (Fsp3) is 0.250. The van der Waals surface area contributed by atoms with Crippen LogP contribution in [0, 0.1) is 11.6 Å². The van der Waals surface area contributed by atoms with Gasteiger partial charge in [-0.05, 0) is 30.5 Å². The normalized spacial score (nSPS) is 15.2. The van der Waals surface area contributed by atoms with E-state index >= 15 is 0 Å². The van der Waals surface area contributed by atoms with Crippen molar-refractivity contribution in [2.24, 2.45) is 0 Å². The van der Waals surface area contributed by atoms with Crippen LogP contribution in [0.1, 0.15) is 18.4 Å². The van der Waals surface area contributed by atoms with E-state index in [1.165, 1.54) is 4.31 Å². The molecule has 3 rings (SSSR count). The van der Waals surface area contributed by atoms with Gasteiger partial charge in [-0.25, -0.2) is 17.2 Å². The van der Waals surface area contributed by atoms with Gasteiger partial charge in [0.1, 0.15) is 11.6 Å². The molecule has 3 nitrogen and oxygen atoms in total. The second kappa shape index (κ2) is 5.78. The zero-order valence-corrected chi connectivity index (χ0v) is 12.6. The van der Waals surface area contributed by atoms with Crippen LogP contribution < -0.4 is 0 Å². The third-order valence-electron chi connectivity index (χ3n) is 3.58. The Morgan fingerprint density at radius 3 is 2.14 bits per heavy atom. The smallest absolute Gasteiger partial charge is 0.207 e. The number of nitrogens with zero attached hydrogens (tertiary/aromatic N) is 1. The van der Waals surface area contributed by atoms with Crippen molar-refractivity contribution >= 4 is 10.0 Å². The Morgan fingerprint density at radius 1 is 1.00 bits per heavy atom. The number of halogens is 2. The summed E-state index contributed by atoms with van der Waals surface area (Å²) in [6.07, 6.45) is 1.54. The lowest BCUT2D eigenvalue weighted by molar-refractivity contribution is 0.397. The number of hydrogen-bond donors (Lipinski definition) is 0. The van der Waals surface area contributed by atoms with E-state index in [2.05, 4.69) is 0 Å². The van der Waals surface area contributed by atoms with Gasteiger partial charge < -0.3 is 0 Å². The predicted octanol–water partition coefficient (Wildman–Crippen LogP) is 3.32. The van der Waals surface area contributed by atoms with Crippen LogP contribution in [0.5, 0.6) is 0 Å². The molecule has 22 heavy (non-hydrogen) atoms. The highest BCUT2D eigenvalue weighted by Crippen LogP contribution is 2.33. The van der Waals surface area contributed by atoms with Gasteiger partial charge in [-0.2, -0.15) is 4.31 Å². The number of hydrogen-bond acceptors (Lipinski definition) is 2. The van der Waals surface area contributed by atoms with Crippen molar-refractivity contribution in [3.63, 3.8) is 0 Å². The lowest BCUT2D eigenvalue weighted by atomic mass is 10.2. The summed E-state index contributed by atoms with van der Waals surface area (Å²) in [7, 11) is -3.93. The highest BCUT2D eigenvalue weighted by molar-refractivity contribution is 7.89. The van der Waals surface area contributed by atoms with Gasteiger partial charge in [0, 0.05) is 18.7 Å². The standard InChI is InChI=1S/C16H15F2NO2S/c17-13-8-14(18)10-16(9-13)22(20,21)19(15-6-7-15)11-12-4-2-1-3-5-12/h1-5,8-10,15H,6-7,11H2. The Morgan fingerprint density at radius 2 is 1.59 bits per heavy atom. The van der Waals surface area contributed by atoms with E-state index in [0.29, 0.717) is 6.07 Å². The van der Waals surface area contributed by atoms with E-state index in [9.17, 15) is 17.2 Å². The molecule has 2 aromatic carbocycles. The molecule has 116 valence electrons. The molecule has 1 aliphatic rings. The average Bonchev–Trinajstić information content (AvgIpc) is 3.29. The van der Waals surface area contributed by atoms with Gasteiger partial charge in [-0.3, -0.25) is 0 Å². The van der Waals surface area contributed by atoms with Crippen LogP contribution in [-0.2, 0) is 16.6 Å². The summed E-state index contributed by atoms with van der Waals surface area (Å²) in [5.41, 5.74) is 0.842. The summed E-state index contributed by atoms with van der Waals surface area (Å²) >= 11 is 0. The van der Waals surface area contributed by atoms with Gasteiger partial charge in [0.15, 0.2) is 0 Å². The van der Waals surface area contributed by atoms with E-state index in [-0.39, 0.29) is 17.5 Å². The van der Waals surface area contributed by atoms with Gasteiger partial charge in [0.05, 0.1) is 4.90 Å². The van der Waals surface area contributed by atoms with Crippen molar-refractivity contribution in [2.45, 2.75) is 30.3 Å². The fourth-order valence-corrected chi connectivity index (χ4v) is 4.07. The molecule has 0 saturated heterocycles. The average molecular weight is 323 g/mol. The molecule has 0 amide bonds. The molecule has 0 heterocycles. The van der Waals surface area contributed by atoms with Crippen LogP contribution >= 0.6 is 0 Å². The van der Waals surface area contributed by atoms with Gasteiger partial charge in [0.2, 0.25) is 10.0 Å². The second-order valence-electron chi connectivity index (χ2n) is 5.37. The van der Waals surface area contributed by atoms with Gasteiger partial charge >= 0.3 is 0 Å². The Bertz CT molecular complexity index is 754. The van der Waals surface area contributed by atoms with Crippen molar-refractivity contribution in [2.75, 3.05) is 0 Å². The quantitative estimate of drug-likeness (QED) is 0.846. The maximum Gasteiger partial charge on any atom is 0.243 e. The minimum absolute atomic E-state index is 0.100. The number of sulfonamides is 1. The van der Waals surface area contributed by atoms with Crippen LogP contribution in [-0.4, -0.2) is 18.8 Å². The summed E-state index contributed by atoms with van der Waals surface area (Å²) in [4.78, 5) is -0.340. The summed E-state index contributed by atoms with van der Waals surface area (Å²) in [5, 5.41) is 0. The Kier molecular flexibility index (Phi) is 3.97. The molecule has 0 radical (unpaired) electrons. The minimum Gasteiger partial charge on any atom is -0.207 e. The lowest BCUT2D eigenvalue weighted by Gasteiger charge is -2.22. The minimum atomic E-state index is -3.93. The molecular formula is C16H15F2NO2S. The molecule has 1 saturated carbocycles. The maximum atomic E-state index is 13.3. The van der Waals surface area contributed by atoms with E-state index in [0.717, 1.165) is 30.5 Å². The number of rotatable bonds is 5. The van der Waals surface area contributed by atoms with Gasteiger partial charge in [-0.1, -0.05) is 30.3 Å². The molecule has 0 aromatic heterocycles. The first-order chi connectivity index (χ1) is 10.5. The van der Waals surface area contributed by atoms with Crippen molar-refractivity contribution in [3.8, 4) is 0 Å². The van der Waals surface area contributed by atoms with E-state index in [1.807, 2.05) is 30.3 Å². The fourth-order valence-electron chi connectivity index (χ4n) is 2.35. The van der Waals surface area contributed by atoms with Crippen LogP contribution in [0.4, 0.5) is 8.78 Å². The third-order valence-corrected chi connectivity index (χ3v) is 5.45. The highest BCUT2D eigenvalue weighted by atomic mass is 32.2. The second-order valence-corrected chi connectivity index (χ2v) is 7.26.